The molecule has 0 radical (unpaired) electrons. The van der Waals surface area contributed by atoms with Crippen LogP contribution in [0.25, 0.3) is 10.8 Å². The van der Waals surface area contributed by atoms with E-state index in [0.717, 1.165) is 17.2 Å². The molecule has 0 saturated heterocycles. The van der Waals surface area contributed by atoms with Gasteiger partial charge in [-0.05, 0) is 36.6 Å². The Bertz CT molecular complexity index is 770. The monoisotopic (exact) mass is 322 g/mol. The molecule has 1 fully saturated rings. The summed E-state index contributed by atoms with van der Waals surface area (Å²) < 4.78 is 5.61. The molecule has 1 aliphatic carbocycles. The Morgan fingerprint density at radius 1 is 1.12 bits per heavy atom. The number of fused-ring (bicyclic) bond motifs is 1. The Balaban J connectivity index is 1.69. The van der Waals surface area contributed by atoms with Crippen LogP contribution in [0.3, 0.4) is 0 Å². The molecule has 0 bridgehead atoms. The average molecular weight is 322 g/mol. The summed E-state index contributed by atoms with van der Waals surface area (Å²) in [6.07, 6.45) is 6.30. The van der Waals surface area contributed by atoms with Crippen LogP contribution >= 0.6 is 0 Å². The lowest BCUT2D eigenvalue weighted by atomic mass is 9.90. The highest BCUT2D eigenvalue weighted by Crippen LogP contribution is 2.35. The van der Waals surface area contributed by atoms with E-state index in [4.69, 9.17) is 4.74 Å². The van der Waals surface area contributed by atoms with E-state index < -0.39 is 0 Å². The number of benzene rings is 2. The molecule has 2 aromatic carbocycles. The third-order valence-electron chi connectivity index (χ3n) is 4.72. The second kappa shape index (κ2) is 7.43. The van der Waals surface area contributed by atoms with Gasteiger partial charge in [-0.2, -0.15) is 0 Å². The average Bonchev–Trinajstić information content (AvgIpc) is 2.92. The minimum absolute atomic E-state index is 0.0937. The van der Waals surface area contributed by atoms with Gasteiger partial charge in [0, 0.05) is 24.6 Å². The number of esters is 1. The maximum Gasteiger partial charge on any atom is 0.311 e. The van der Waals surface area contributed by atoms with Crippen molar-refractivity contribution in [3.8, 4) is 5.75 Å². The first-order valence-corrected chi connectivity index (χ1v) is 8.48. The van der Waals surface area contributed by atoms with Crippen LogP contribution in [0.4, 0.5) is 0 Å². The molecule has 0 heterocycles. The third kappa shape index (κ3) is 3.73. The van der Waals surface area contributed by atoms with Crippen molar-refractivity contribution in [1.82, 2.24) is 0 Å². The van der Waals surface area contributed by atoms with Crippen LogP contribution in [0.1, 0.15) is 32.6 Å². The van der Waals surface area contributed by atoms with Crippen LogP contribution in [0.2, 0.25) is 0 Å². The fourth-order valence-corrected chi connectivity index (χ4v) is 3.49. The van der Waals surface area contributed by atoms with Gasteiger partial charge in [0.15, 0.2) is 0 Å². The number of Topliss-reactive ketones (excluding diaryl/α,β-unsaturated/α-hetero) is 1. The molecule has 0 aromatic heterocycles. The molecule has 124 valence electrons. The topological polar surface area (TPSA) is 43.4 Å². The summed E-state index contributed by atoms with van der Waals surface area (Å²) >= 11 is 0. The molecular formula is C21H22O3. The Morgan fingerprint density at radius 3 is 2.71 bits per heavy atom. The van der Waals surface area contributed by atoms with Gasteiger partial charge in [-0.3, -0.25) is 9.59 Å². The van der Waals surface area contributed by atoms with E-state index >= 15 is 0 Å². The molecule has 3 heteroatoms. The van der Waals surface area contributed by atoms with Crippen LogP contribution in [0.15, 0.2) is 54.6 Å². The van der Waals surface area contributed by atoms with Crippen molar-refractivity contribution in [2.45, 2.75) is 32.6 Å². The predicted octanol–water partition coefficient (Wildman–Crippen LogP) is 4.70. The maximum atomic E-state index is 12.4. The van der Waals surface area contributed by atoms with Crippen molar-refractivity contribution < 1.29 is 14.3 Å². The zero-order chi connectivity index (χ0) is 16.9. The largest absolute Gasteiger partial charge is 0.426 e. The summed E-state index contributed by atoms with van der Waals surface area (Å²) in [6.45, 7) is 1.97. The minimum atomic E-state index is -0.253. The molecule has 1 saturated carbocycles. The zero-order valence-corrected chi connectivity index (χ0v) is 13.9. The number of hydrogen-bond acceptors (Lipinski definition) is 3. The fourth-order valence-electron chi connectivity index (χ4n) is 3.49. The van der Waals surface area contributed by atoms with E-state index in [9.17, 15) is 9.59 Å². The lowest BCUT2D eigenvalue weighted by molar-refractivity contribution is -0.135. The van der Waals surface area contributed by atoms with Crippen LogP contribution < -0.4 is 4.74 Å². The van der Waals surface area contributed by atoms with E-state index in [0.29, 0.717) is 25.0 Å². The Morgan fingerprint density at radius 2 is 1.88 bits per heavy atom. The first kappa shape index (κ1) is 16.4. The first-order valence-electron chi connectivity index (χ1n) is 8.48. The summed E-state index contributed by atoms with van der Waals surface area (Å²) in [5.41, 5.74) is 0. The second-order valence-corrected chi connectivity index (χ2v) is 6.43. The Hall–Kier alpha value is -2.42. The lowest BCUT2D eigenvalue weighted by Gasteiger charge is -2.16. The summed E-state index contributed by atoms with van der Waals surface area (Å²) in [7, 11) is 0. The molecule has 3 nitrogen and oxygen atoms in total. The van der Waals surface area contributed by atoms with Crippen molar-refractivity contribution in [2.75, 3.05) is 0 Å². The zero-order valence-electron chi connectivity index (χ0n) is 13.9. The summed E-state index contributed by atoms with van der Waals surface area (Å²) in [6, 6.07) is 13.5. The molecule has 24 heavy (non-hydrogen) atoms. The molecule has 0 amide bonds. The van der Waals surface area contributed by atoms with E-state index in [1.165, 1.54) is 0 Å². The van der Waals surface area contributed by atoms with Crippen LogP contribution in [0.5, 0.6) is 5.75 Å². The van der Waals surface area contributed by atoms with E-state index in [1.54, 1.807) is 0 Å². The number of hydrogen-bond donors (Lipinski definition) is 0. The molecular weight excluding hydrogens is 300 g/mol. The van der Waals surface area contributed by atoms with Crippen molar-refractivity contribution in [3.05, 3.63) is 54.6 Å². The molecule has 0 spiro atoms. The van der Waals surface area contributed by atoms with E-state index in [2.05, 4.69) is 6.08 Å². The van der Waals surface area contributed by atoms with E-state index in [-0.39, 0.29) is 23.6 Å². The highest BCUT2D eigenvalue weighted by Gasteiger charge is 2.34. The van der Waals surface area contributed by atoms with Crippen molar-refractivity contribution in [1.29, 1.82) is 0 Å². The second-order valence-electron chi connectivity index (χ2n) is 6.43. The van der Waals surface area contributed by atoms with Crippen molar-refractivity contribution >= 4 is 22.5 Å². The SMILES string of the molecule is CC=CCC1CC(=O)CC1CC(=O)Oc1cccc2ccccc12. The van der Waals surface area contributed by atoms with Gasteiger partial charge in [-0.25, -0.2) is 0 Å². The maximum absolute atomic E-state index is 12.4. The molecule has 0 aliphatic heterocycles. The summed E-state index contributed by atoms with van der Waals surface area (Å²) in [5, 5.41) is 1.98. The van der Waals surface area contributed by atoms with Crippen molar-refractivity contribution in [3.63, 3.8) is 0 Å². The van der Waals surface area contributed by atoms with E-state index in [1.807, 2.05) is 55.5 Å². The molecule has 2 atom stereocenters. The quantitative estimate of drug-likeness (QED) is 0.455. The van der Waals surface area contributed by atoms with Gasteiger partial charge in [-0.15, -0.1) is 0 Å². The van der Waals surface area contributed by atoms with Gasteiger partial charge >= 0.3 is 5.97 Å². The fraction of sp³-hybridized carbons (Fsp3) is 0.333. The molecule has 2 aromatic rings. The normalized spacial score (nSPS) is 20.8. The number of carbonyl (C=O) groups excluding carboxylic acids is 2. The lowest BCUT2D eigenvalue weighted by Crippen LogP contribution is -2.17. The molecule has 1 aliphatic rings. The van der Waals surface area contributed by atoms with Crippen LogP contribution in [-0.4, -0.2) is 11.8 Å². The number of rotatable bonds is 5. The van der Waals surface area contributed by atoms with Gasteiger partial charge in [0.25, 0.3) is 0 Å². The highest BCUT2D eigenvalue weighted by atomic mass is 16.5. The molecule has 2 unspecified atom stereocenters. The molecule has 3 rings (SSSR count). The highest BCUT2D eigenvalue weighted by molar-refractivity contribution is 5.90. The van der Waals surface area contributed by atoms with Gasteiger partial charge in [0.05, 0.1) is 0 Å². The summed E-state index contributed by atoms with van der Waals surface area (Å²) in [4.78, 5) is 24.2. The van der Waals surface area contributed by atoms with Crippen molar-refractivity contribution in [2.24, 2.45) is 11.8 Å². The Labute approximate surface area is 142 Å². The number of carbonyl (C=O) groups is 2. The first-order chi connectivity index (χ1) is 11.7. The molecule has 0 N–H and O–H groups in total. The van der Waals surface area contributed by atoms with Gasteiger partial charge < -0.3 is 4.74 Å². The van der Waals surface area contributed by atoms with Gasteiger partial charge in [0.2, 0.25) is 0 Å². The smallest absolute Gasteiger partial charge is 0.311 e. The number of ketones is 1. The minimum Gasteiger partial charge on any atom is -0.426 e. The van der Waals surface area contributed by atoms with Crippen LogP contribution in [0, 0.1) is 11.8 Å². The Kier molecular flexibility index (Phi) is 5.09. The van der Waals surface area contributed by atoms with Gasteiger partial charge in [-0.1, -0.05) is 48.6 Å². The summed E-state index contributed by atoms with van der Waals surface area (Å²) in [5.74, 6) is 0.946. The third-order valence-corrected chi connectivity index (χ3v) is 4.72. The predicted molar refractivity (Wildman–Crippen MR) is 94.9 cm³/mol. The number of allylic oxidation sites excluding steroid dienone is 2. The van der Waals surface area contributed by atoms with Gasteiger partial charge in [0.1, 0.15) is 11.5 Å². The van der Waals surface area contributed by atoms with Crippen LogP contribution in [-0.2, 0) is 9.59 Å². The standard InChI is InChI=1S/C21H22O3/c1-2-3-7-16-12-18(22)13-17(16)14-21(23)24-20-11-6-9-15-8-4-5-10-19(15)20/h2-6,8-11,16-17H,7,12-14H2,1H3. The number of ether oxygens (including phenoxy) is 1.